The zero-order valence-corrected chi connectivity index (χ0v) is 10.2. The monoisotopic (exact) mass is 227 g/mol. The lowest BCUT2D eigenvalue weighted by Gasteiger charge is -2.02. The molecule has 4 nitrogen and oxygen atoms in total. The number of hydrogen-bond acceptors (Lipinski definition) is 4. The molecule has 0 unspecified atom stereocenters. The van der Waals surface area contributed by atoms with E-state index in [1.54, 1.807) is 7.11 Å². The Labute approximate surface area is 96.9 Å². The topological polar surface area (TPSA) is 44.5 Å². The van der Waals surface area contributed by atoms with E-state index in [9.17, 15) is 0 Å². The van der Waals surface area contributed by atoms with Crippen LogP contribution in [0.25, 0.3) is 0 Å². The second kappa shape index (κ2) is 8.30. The van der Waals surface area contributed by atoms with E-state index in [0.717, 1.165) is 37.5 Å². The van der Waals surface area contributed by atoms with Crippen LogP contribution >= 0.6 is 0 Å². The maximum Gasteiger partial charge on any atom is 0.134 e. The van der Waals surface area contributed by atoms with Gasteiger partial charge in [0.05, 0.1) is 6.61 Å². The molecule has 1 heterocycles. The molecule has 0 aliphatic carbocycles. The second-order valence-electron chi connectivity index (χ2n) is 3.89. The van der Waals surface area contributed by atoms with Crippen molar-refractivity contribution in [1.29, 1.82) is 0 Å². The summed E-state index contributed by atoms with van der Waals surface area (Å²) < 4.78 is 15.4. The first-order valence-corrected chi connectivity index (χ1v) is 5.82. The van der Waals surface area contributed by atoms with Crippen LogP contribution in [0.2, 0.25) is 0 Å². The largest absolute Gasteiger partial charge is 0.385 e. The predicted octanol–water partition coefficient (Wildman–Crippen LogP) is 2.71. The molecule has 4 heteroatoms. The van der Waals surface area contributed by atoms with Crippen molar-refractivity contribution in [3.63, 3.8) is 0 Å². The highest BCUT2D eigenvalue weighted by molar-refractivity contribution is 5.01. The van der Waals surface area contributed by atoms with E-state index >= 15 is 0 Å². The minimum Gasteiger partial charge on any atom is -0.385 e. The summed E-state index contributed by atoms with van der Waals surface area (Å²) >= 11 is 0. The lowest BCUT2D eigenvalue weighted by molar-refractivity contribution is 0.111. The summed E-state index contributed by atoms with van der Waals surface area (Å²) in [7, 11) is 1.74. The van der Waals surface area contributed by atoms with Crippen LogP contribution in [0.1, 0.15) is 37.1 Å². The van der Waals surface area contributed by atoms with Crippen molar-refractivity contribution in [1.82, 2.24) is 5.16 Å². The Bertz CT molecular complexity index is 273. The zero-order chi connectivity index (χ0) is 11.6. The van der Waals surface area contributed by atoms with Gasteiger partial charge in [-0.2, -0.15) is 0 Å². The van der Waals surface area contributed by atoms with Crippen LogP contribution in [0.3, 0.4) is 0 Å². The van der Waals surface area contributed by atoms with Gasteiger partial charge in [0.1, 0.15) is 11.5 Å². The third-order valence-corrected chi connectivity index (χ3v) is 2.31. The van der Waals surface area contributed by atoms with Crippen molar-refractivity contribution in [2.75, 3.05) is 20.3 Å². The normalized spacial score (nSPS) is 10.9. The highest BCUT2D eigenvalue weighted by Crippen LogP contribution is 2.04. The highest BCUT2D eigenvalue weighted by Gasteiger charge is 1.99. The molecule has 0 atom stereocenters. The Morgan fingerprint density at radius 1 is 1.19 bits per heavy atom. The van der Waals surface area contributed by atoms with Gasteiger partial charge in [-0.15, -0.1) is 0 Å². The summed E-state index contributed by atoms with van der Waals surface area (Å²) in [5, 5.41) is 3.86. The van der Waals surface area contributed by atoms with E-state index in [1.807, 2.05) is 13.0 Å². The lowest BCUT2D eigenvalue weighted by Crippen LogP contribution is -1.96. The van der Waals surface area contributed by atoms with Gasteiger partial charge in [-0.05, 0) is 19.8 Å². The van der Waals surface area contributed by atoms with E-state index in [0.29, 0.717) is 6.61 Å². The molecule has 0 aromatic carbocycles. The highest BCUT2D eigenvalue weighted by atomic mass is 16.5. The van der Waals surface area contributed by atoms with Crippen molar-refractivity contribution >= 4 is 0 Å². The third-order valence-electron chi connectivity index (χ3n) is 2.31. The van der Waals surface area contributed by atoms with Crippen molar-refractivity contribution < 1.29 is 14.0 Å². The number of rotatable bonds is 9. The summed E-state index contributed by atoms with van der Waals surface area (Å²) in [6.07, 6.45) is 4.64. The van der Waals surface area contributed by atoms with Crippen LogP contribution in [0.5, 0.6) is 0 Å². The van der Waals surface area contributed by atoms with Gasteiger partial charge in [0.25, 0.3) is 0 Å². The molecule has 0 amide bonds. The molecular formula is C12H21NO3. The fraction of sp³-hybridized carbons (Fsp3) is 0.750. The molecule has 0 saturated heterocycles. The van der Waals surface area contributed by atoms with E-state index in [-0.39, 0.29) is 0 Å². The number of aryl methyl sites for hydroxylation is 1. The average Bonchev–Trinajstić information content (AvgIpc) is 2.68. The van der Waals surface area contributed by atoms with Crippen molar-refractivity contribution in [2.45, 2.75) is 39.2 Å². The fourth-order valence-electron chi connectivity index (χ4n) is 1.47. The SMILES string of the molecule is COCCCCCCOCc1cc(C)on1. The molecule has 1 aromatic rings. The third kappa shape index (κ3) is 5.88. The van der Waals surface area contributed by atoms with E-state index < -0.39 is 0 Å². The Kier molecular flexibility index (Phi) is 6.85. The number of aromatic nitrogens is 1. The van der Waals surface area contributed by atoms with Crippen LogP contribution in [0.4, 0.5) is 0 Å². The van der Waals surface area contributed by atoms with Crippen LogP contribution in [0, 0.1) is 6.92 Å². The number of unbranched alkanes of at least 4 members (excludes halogenated alkanes) is 3. The fourth-order valence-corrected chi connectivity index (χ4v) is 1.47. The molecular weight excluding hydrogens is 206 g/mol. The van der Waals surface area contributed by atoms with E-state index in [2.05, 4.69) is 5.16 Å². The Balaban J connectivity index is 1.88. The van der Waals surface area contributed by atoms with E-state index in [4.69, 9.17) is 14.0 Å². The molecule has 0 saturated carbocycles. The zero-order valence-electron chi connectivity index (χ0n) is 10.2. The Hall–Kier alpha value is -0.870. The average molecular weight is 227 g/mol. The molecule has 0 spiro atoms. The van der Waals surface area contributed by atoms with Crippen molar-refractivity contribution in [3.8, 4) is 0 Å². The number of methoxy groups -OCH3 is 1. The van der Waals surface area contributed by atoms with Gasteiger partial charge in [-0.25, -0.2) is 0 Å². The Morgan fingerprint density at radius 3 is 2.56 bits per heavy atom. The minimum absolute atomic E-state index is 0.551. The molecule has 0 aliphatic rings. The number of ether oxygens (including phenoxy) is 2. The molecule has 0 radical (unpaired) electrons. The van der Waals surface area contributed by atoms with Gasteiger partial charge >= 0.3 is 0 Å². The van der Waals surface area contributed by atoms with Gasteiger partial charge in [0.2, 0.25) is 0 Å². The molecule has 0 aliphatic heterocycles. The summed E-state index contributed by atoms with van der Waals surface area (Å²) in [6.45, 7) is 4.08. The lowest BCUT2D eigenvalue weighted by atomic mass is 10.2. The summed E-state index contributed by atoms with van der Waals surface area (Å²) in [5.74, 6) is 0.832. The van der Waals surface area contributed by atoms with Crippen LogP contribution in [-0.4, -0.2) is 25.5 Å². The molecule has 0 N–H and O–H groups in total. The first kappa shape index (κ1) is 13.2. The van der Waals surface area contributed by atoms with Gasteiger partial charge < -0.3 is 14.0 Å². The molecule has 1 aromatic heterocycles. The van der Waals surface area contributed by atoms with Crippen molar-refractivity contribution in [2.24, 2.45) is 0 Å². The standard InChI is InChI=1S/C12H21NO3/c1-11-9-12(13-16-11)10-15-8-6-4-3-5-7-14-2/h9H,3-8,10H2,1-2H3. The van der Waals surface area contributed by atoms with Crippen LogP contribution in [0.15, 0.2) is 10.6 Å². The first-order valence-electron chi connectivity index (χ1n) is 5.82. The quantitative estimate of drug-likeness (QED) is 0.608. The predicted molar refractivity (Wildman–Crippen MR) is 61.2 cm³/mol. The molecule has 0 bridgehead atoms. The minimum atomic E-state index is 0.551. The number of hydrogen-bond donors (Lipinski definition) is 0. The first-order chi connectivity index (χ1) is 7.83. The maximum absolute atomic E-state index is 5.49. The molecule has 92 valence electrons. The Morgan fingerprint density at radius 2 is 1.94 bits per heavy atom. The van der Waals surface area contributed by atoms with Gasteiger partial charge in [0, 0.05) is 26.4 Å². The molecule has 1 rings (SSSR count). The van der Waals surface area contributed by atoms with Gasteiger partial charge in [-0.1, -0.05) is 18.0 Å². The second-order valence-corrected chi connectivity index (χ2v) is 3.89. The van der Waals surface area contributed by atoms with Gasteiger partial charge in [-0.3, -0.25) is 0 Å². The smallest absolute Gasteiger partial charge is 0.134 e. The van der Waals surface area contributed by atoms with Gasteiger partial charge in [0.15, 0.2) is 0 Å². The maximum atomic E-state index is 5.49. The van der Waals surface area contributed by atoms with Crippen LogP contribution < -0.4 is 0 Å². The summed E-state index contributed by atoms with van der Waals surface area (Å²) in [5.41, 5.74) is 0.872. The summed E-state index contributed by atoms with van der Waals surface area (Å²) in [4.78, 5) is 0. The molecule has 0 fully saturated rings. The van der Waals surface area contributed by atoms with Crippen molar-refractivity contribution in [3.05, 3.63) is 17.5 Å². The van der Waals surface area contributed by atoms with Crippen LogP contribution in [-0.2, 0) is 16.1 Å². The molecule has 16 heavy (non-hydrogen) atoms. The van der Waals surface area contributed by atoms with E-state index in [1.165, 1.54) is 12.8 Å². The summed E-state index contributed by atoms with van der Waals surface area (Å²) in [6, 6.07) is 1.90. The number of nitrogens with zero attached hydrogens (tertiary/aromatic N) is 1.